The Morgan fingerprint density at radius 1 is 1.32 bits per heavy atom. The highest BCUT2D eigenvalue weighted by atomic mass is 16.6. The van der Waals surface area contributed by atoms with Gasteiger partial charge in [0, 0.05) is 18.0 Å². The van der Waals surface area contributed by atoms with Gasteiger partial charge in [-0.2, -0.15) is 4.98 Å². The molecule has 0 bridgehead atoms. The van der Waals surface area contributed by atoms with Crippen molar-refractivity contribution in [1.82, 2.24) is 14.4 Å². The monoisotopic (exact) mass is 309 g/mol. The minimum atomic E-state index is -1.34. The summed E-state index contributed by atoms with van der Waals surface area (Å²) in [5.74, 6) is 0.0658. The molecule has 22 heavy (non-hydrogen) atoms. The van der Waals surface area contributed by atoms with Crippen molar-refractivity contribution in [3.8, 4) is 0 Å². The smallest absolute Gasteiger partial charge is 0.277 e. The summed E-state index contributed by atoms with van der Waals surface area (Å²) >= 11 is 0. The average Bonchev–Trinajstić information content (AvgIpc) is 2.76. The fourth-order valence-corrected chi connectivity index (χ4v) is 2.50. The molecule has 3 rings (SSSR count). The van der Waals surface area contributed by atoms with E-state index in [0.29, 0.717) is 5.56 Å². The van der Waals surface area contributed by atoms with Crippen LogP contribution in [-0.2, 0) is 4.74 Å². The zero-order valence-electron chi connectivity index (χ0n) is 11.6. The third-order valence-electron chi connectivity index (χ3n) is 3.74. The first-order valence-corrected chi connectivity index (χ1v) is 6.67. The van der Waals surface area contributed by atoms with Crippen LogP contribution >= 0.6 is 0 Å². The number of aromatic nitrogens is 3. The van der Waals surface area contributed by atoms with E-state index in [0.717, 1.165) is 0 Å². The van der Waals surface area contributed by atoms with Gasteiger partial charge in [-0.3, -0.25) is 19.0 Å². The number of fused-ring (bicyclic) bond motifs is 1. The maximum absolute atomic E-state index is 12.1. The predicted molar refractivity (Wildman–Crippen MR) is 73.5 cm³/mol. The Hall–Kier alpha value is -2.07. The second-order valence-corrected chi connectivity index (χ2v) is 5.26. The van der Waals surface area contributed by atoms with Crippen molar-refractivity contribution in [2.45, 2.75) is 31.3 Å². The van der Waals surface area contributed by atoms with E-state index in [9.17, 15) is 19.8 Å². The number of ether oxygens (including phenoxy) is 1. The molecule has 1 aliphatic heterocycles. The molecule has 4 N–H and O–H groups in total. The molecule has 9 heteroatoms. The lowest BCUT2D eigenvalue weighted by Crippen LogP contribution is -2.33. The summed E-state index contributed by atoms with van der Waals surface area (Å²) in [7, 11) is 0. The average molecular weight is 309 g/mol. The first kappa shape index (κ1) is 14.9. The second-order valence-electron chi connectivity index (χ2n) is 5.26. The number of H-pyrrole nitrogens is 1. The van der Waals surface area contributed by atoms with E-state index in [-0.39, 0.29) is 11.3 Å². The van der Waals surface area contributed by atoms with E-state index in [1.54, 1.807) is 6.92 Å². The molecule has 0 radical (unpaired) electrons. The van der Waals surface area contributed by atoms with Crippen molar-refractivity contribution < 1.29 is 20.1 Å². The van der Waals surface area contributed by atoms with Crippen LogP contribution in [0.2, 0.25) is 0 Å². The van der Waals surface area contributed by atoms with Crippen LogP contribution in [0.25, 0.3) is 5.78 Å². The van der Waals surface area contributed by atoms with Crippen LogP contribution in [0.4, 0.5) is 0 Å². The summed E-state index contributed by atoms with van der Waals surface area (Å²) in [6.07, 6.45) is -1.81. The summed E-state index contributed by atoms with van der Waals surface area (Å²) in [4.78, 5) is 29.8. The molecule has 2 aromatic rings. The number of aliphatic hydroxyl groups is 3. The number of rotatable bonds is 2. The van der Waals surface area contributed by atoms with Gasteiger partial charge >= 0.3 is 0 Å². The fraction of sp³-hybridized carbons (Fsp3) is 0.462. The number of nitrogens with one attached hydrogen (secondary N) is 1. The van der Waals surface area contributed by atoms with E-state index in [2.05, 4.69) is 9.97 Å². The third-order valence-corrected chi connectivity index (χ3v) is 3.74. The number of hydrogen-bond acceptors (Lipinski definition) is 7. The largest absolute Gasteiger partial charge is 0.394 e. The Bertz CT molecular complexity index is 829. The molecule has 0 saturated carbocycles. The van der Waals surface area contributed by atoms with Crippen LogP contribution in [0.15, 0.2) is 22.0 Å². The van der Waals surface area contributed by atoms with Gasteiger partial charge in [-0.15, -0.1) is 0 Å². The minimum absolute atomic E-state index is 0.0658. The topological polar surface area (TPSA) is 137 Å². The van der Waals surface area contributed by atoms with E-state index in [1.165, 1.54) is 16.8 Å². The van der Waals surface area contributed by atoms with E-state index < -0.39 is 42.1 Å². The zero-order valence-corrected chi connectivity index (χ0v) is 11.6. The summed E-state index contributed by atoms with van der Waals surface area (Å²) in [6.45, 7) is 1.10. The van der Waals surface area contributed by atoms with Crippen molar-refractivity contribution in [3.05, 3.63) is 44.2 Å². The predicted octanol–water partition coefficient (Wildman–Crippen LogP) is -2.15. The van der Waals surface area contributed by atoms with Gasteiger partial charge in [0.2, 0.25) is 5.78 Å². The number of aryl methyl sites for hydroxylation is 1. The first-order valence-electron chi connectivity index (χ1n) is 6.67. The van der Waals surface area contributed by atoms with Crippen LogP contribution in [0.3, 0.4) is 0 Å². The molecule has 0 amide bonds. The number of aromatic amines is 1. The summed E-state index contributed by atoms with van der Waals surface area (Å²) in [5, 5.41) is 28.9. The van der Waals surface area contributed by atoms with Gasteiger partial charge in [-0.05, 0) is 6.92 Å². The van der Waals surface area contributed by atoms with Gasteiger partial charge < -0.3 is 20.1 Å². The molecule has 1 aliphatic rings. The van der Waals surface area contributed by atoms with E-state index >= 15 is 0 Å². The molecule has 2 unspecified atom stereocenters. The van der Waals surface area contributed by atoms with Crippen molar-refractivity contribution >= 4 is 5.78 Å². The van der Waals surface area contributed by atoms with E-state index in [4.69, 9.17) is 9.84 Å². The van der Waals surface area contributed by atoms with Crippen molar-refractivity contribution in [1.29, 1.82) is 0 Å². The molecule has 0 aromatic carbocycles. The fourth-order valence-electron chi connectivity index (χ4n) is 2.50. The Kier molecular flexibility index (Phi) is 3.57. The lowest BCUT2D eigenvalue weighted by atomic mass is 10.0. The summed E-state index contributed by atoms with van der Waals surface area (Å²) < 4.78 is 6.77. The summed E-state index contributed by atoms with van der Waals surface area (Å²) in [6, 6.07) is 0. The van der Waals surface area contributed by atoms with Gasteiger partial charge in [0.25, 0.3) is 11.1 Å². The molecule has 3 heterocycles. The first-order chi connectivity index (χ1) is 10.4. The molecular weight excluding hydrogens is 294 g/mol. The van der Waals surface area contributed by atoms with Crippen molar-refractivity contribution in [2.24, 2.45) is 0 Å². The van der Waals surface area contributed by atoms with Crippen LogP contribution < -0.4 is 11.1 Å². The third kappa shape index (κ3) is 2.24. The Labute approximate surface area is 123 Å². The number of nitrogens with zero attached hydrogens (tertiary/aromatic N) is 2. The van der Waals surface area contributed by atoms with Gasteiger partial charge in [0.05, 0.1) is 12.2 Å². The number of aliphatic hydroxyl groups excluding tert-OH is 3. The number of hydrogen-bond donors (Lipinski definition) is 4. The maximum Gasteiger partial charge on any atom is 0.277 e. The highest BCUT2D eigenvalue weighted by molar-refractivity contribution is 5.31. The highest BCUT2D eigenvalue weighted by Crippen LogP contribution is 2.31. The Balaban J connectivity index is 2.12. The van der Waals surface area contributed by atoms with Crippen molar-refractivity contribution in [3.63, 3.8) is 0 Å². The standard InChI is InChI=1S/C13H15N3O6/c1-5-2-16-3-6(12(21)15-13(16)14-11(5)20)10-9(19)8(18)7(4-17)22-10/h2-3,7-10,17-19H,4H2,1H3,(H,14,15,20,21)/t7-,8?,9?,10+/m1/s1. The Morgan fingerprint density at radius 2 is 2.05 bits per heavy atom. The van der Waals surface area contributed by atoms with Crippen LogP contribution in [0, 0.1) is 6.92 Å². The van der Waals surface area contributed by atoms with Crippen LogP contribution in [0.1, 0.15) is 17.2 Å². The highest BCUT2D eigenvalue weighted by Gasteiger charge is 2.44. The molecule has 2 aromatic heterocycles. The molecule has 118 valence electrons. The normalized spacial score (nSPS) is 28.4. The Morgan fingerprint density at radius 3 is 2.68 bits per heavy atom. The zero-order chi connectivity index (χ0) is 16.0. The lowest BCUT2D eigenvalue weighted by Gasteiger charge is -2.14. The lowest BCUT2D eigenvalue weighted by molar-refractivity contribution is -0.0232. The molecule has 9 nitrogen and oxygen atoms in total. The quantitative estimate of drug-likeness (QED) is 0.496. The molecule has 0 aliphatic carbocycles. The summed E-state index contributed by atoms with van der Waals surface area (Å²) in [5.41, 5.74) is -0.585. The molecule has 4 atom stereocenters. The molecule has 1 fully saturated rings. The molecule has 0 spiro atoms. The SMILES string of the molecule is Cc1cn2cc([C@@H]3O[C@H](CO)C(O)C3O)c(=O)[nH]c2nc1=O. The van der Waals surface area contributed by atoms with Gasteiger partial charge in [0.15, 0.2) is 0 Å². The maximum atomic E-state index is 12.1. The second kappa shape index (κ2) is 5.29. The molecule has 1 saturated heterocycles. The van der Waals surface area contributed by atoms with Gasteiger partial charge in [-0.25, -0.2) is 0 Å². The van der Waals surface area contributed by atoms with E-state index in [1.807, 2.05) is 0 Å². The van der Waals surface area contributed by atoms with Gasteiger partial charge in [0.1, 0.15) is 24.4 Å². The van der Waals surface area contributed by atoms with Gasteiger partial charge in [-0.1, -0.05) is 0 Å². The minimum Gasteiger partial charge on any atom is -0.394 e. The molecular formula is C13H15N3O6. The van der Waals surface area contributed by atoms with Crippen LogP contribution in [-0.4, -0.2) is 54.6 Å². The van der Waals surface area contributed by atoms with Crippen LogP contribution in [0.5, 0.6) is 0 Å². The van der Waals surface area contributed by atoms with Crippen molar-refractivity contribution in [2.75, 3.05) is 6.61 Å².